The summed E-state index contributed by atoms with van der Waals surface area (Å²) < 4.78 is 12.2. The standard InChI is InChI=1S/C16H22ClN3O4/c1-16(2,3)24-15(22)19-6-7-20-11(8-19)18-12(10-4-5-10)13(20)14(21)23-9-17/h10H,4-9H2,1-3H3. The van der Waals surface area contributed by atoms with E-state index in [1.54, 1.807) is 4.90 Å². The average Bonchev–Trinajstić information content (AvgIpc) is 3.25. The van der Waals surface area contributed by atoms with Gasteiger partial charge in [-0.25, -0.2) is 14.6 Å². The molecule has 24 heavy (non-hydrogen) atoms. The van der Waals surface area contributed by atoms with Crippen molar-refractivity contribution < 1.29 is 19.1 Å². The molecule has 1 aromatic heterocycles. The number of carbonyl (C=O) groups excluding carboxylic acids is 2. The number of hydrogen-bond donors (Lipinski definition) is 0. The van der Waals surface area contributed by atoms with E-state index < -0.39 is 11.6 Å². The van der Waals surface area contributed by atoms with Gasteiger partial charge in [-0.3, -0.25) is 4.90 Å². The first kappa shape index (κ1) is 17.1. The molecule has 0 atom stereocenters. The van der Waals surface area contributed by atoms with E-state index in [-0.39, 0.29) is 12.2 Å². The summed E-state index contributed by atoms with van der Waals surface area (Å²) >= 11 is 5.53. The third-order valence-electron chi connectivity index (χ3n) is 3.99. The maximum atomic E-state index is 12.3. The lowest BCUT2D eigenvalue weighted by Gasteiger charge is -2.30. The van der Waals surface area contributed by atoms with Gasteiger partial charge in [0.15, 0.2) is 11.8 Å². The van der Waals surface area contributed by atoms with Crippen LogP contribution in [0, 0.1) is 0 Å². The van der Waals surface area contributed by atoms with Crippen molar-refractivity contribution in [1.82, 2.24) is 14.5 Å². The average molecular weight is 356 g/mol. The van der Waals surface area contributed by atoms with Gasteiger partial charge in [-0.05, 0) is 33.6 Å². The van der Waals surface area contributed by atoms with Crippen LogP contribution in [-0.4, -0.2) is 44.7 Å². The Bertz CT molecular complexity index is 661. The maximum Gasteiger partial charge on any atom is 0.410 e. The monoisotopic (exact) mass is 355 g/mol. The number of carbonyl (C=O) groups is 2. The van der Waals surface area contributed by atoms with Gasteiger partial charge in [0.05, 0.1) is 12.2 Å². The molecule has 1 aliphatic carbocycles. The van der Waals surface area contributed by atoms with E-state index in [1.165, 1.54) is 0 Å². The molecule has 7 nitrogen and oxygen atoms in total. The Morgan fingerprint density at radius 2 is 2.00 bits per heavy atom. The van der Waals surface area contributed by atoms with E-state index in [2.05, 4.69) is 4.98 Å². The van der Waals surface area contributed by atoms with Gasteiger partial charge in [0, 0.05) is 19.0 Å². The van der Waals surface area contributed by atoms with E-state index >= 15 is 0 Å². The first-order valence-corrected chi connectivity index (χ1v) is 8.64. The van der Waals surface area contributed by atoms with Gasteiger partial charge in [-0.15, -0.1) is 0 Å². The predicted octanol–water partition coefficient (Wildman–Crippen LogP) is 2.86. The first-order chi connectivity index (χ1) is 11.3. The number of rotatable bonds is 3. The van der Waals surface area contributed by atoms with Gasteiger partial charge in [0.25, 0.3) is 0 Å². The molecule has 8 heteroatoms. The summed E-state index contributed by atoms with van der Waals surface area (Å²) in [5, 5.41) is 0. The molecule has 132 valence electrons. The normalized spacial score (nSPS) is 17.4. The number of ether oxygens (including phenoxy) is 2. The van der Waals surface area contributed by atoms with Crippen LogP contribution in [-0.2, 0) is 22.6 Å². The Morgan fingerprint density at radius 1 is 1.29 bits per heavy atom. The highest BCUT2D eigenvalue weighted by Crippen LogP contribution is 2.42. The smallest absolute Gasteiger partial charge is 0.410 e. The topological polar surface area (TPSA) is 73.7 Å². The van der Waals surface area contributed by atoms with E-state index in [1.807, 2.05) is 25.3 Å². The summed E-state index contributed by atoms with van der Waals surface area (Å²) in [6, 6.07) is -0.187. The number of imidazole rings is 1. The molecule has 1 aliphatic heterocycles. The predicted molar refractivity (Wildman–Crippen MR) is 87.0 cm³/mol. The zero-order valence-corrected chi connectivity index (χ0v) is 14.9. The maximum absolute atomic E-state index is 12.3. The summed E-state index contributed by atoms with van der Waals surface area (Å²) in [5.74, 6) is 0.544. The van der Waals surface area contributed by atoms with Gasteiger partial charge in [-0.2, -0.15) is 0 Å². The number of fused-ring (bicyclic) bond motifs is 1. The van der Waals surface area contributed by atoms with E-state index in [0.29, 0.717) is 37.1 Å². The highest BCUT2D eigenvalue weighted by atomic mass is 35.5. The third kappa shape index (κ3) is 3.50. The van der Waals surface area contributed by atoms with E-state index in [4.69, 9.17) is 21.1 Å². The molecule has 0 N–H and O–H groups in total. The minimum absolute atomic E-state index is 0.187. The highest BCUT2D eigenvalue weighted by molar-refractivity contribution is 6.17. The summed E-state index contributed by atoms with van der Waals surface area (Å²) in [6.45, 7) is 6.77. The molecule has 1 aromatic rings. The van der Waals surface area contributed by atoms with Crippen molar-refractivity contribution in [2.45, 2.75) is 58.2 Å². The highest BCUT2D eigenvalue weighted by Gasteiger charge is 2.37. The summed E-state index contributed by atoms with van der Waals surface area (Å²) in [5.41, 5.74) is 0.710. The Labute approximate surface area is 145 Å². The number of aromatic nitrogens is 2. The molecule has 1 amide bonds. The fourth-order valence-electron chi connectivity index (χ4n) is 2.81. The minimum atomic E-state index is -0.543. The van der Waals surface area contributed by atoms with Crippen molar-refractivity contribution in [2.24, 2.45) is 0 Å². The van der Waals surface area contributed by atoms with Crippen molar-refractivity contribution in [3.05, 3.63) is 17.2 Å². The zero-order valence-electron chi connectivity index (χ0n) is 14.2. The van der Waals surface area contributed by atoms with Gasteiger partial charge in [0.1, 0.15) is 11.4 Å². The van der Waals surface area contributed by atoms with Crippen molar-refractivity contribution >= 4 is 23.7 Å². The Morgan fingerprint density at radius 3 is 2.58 bits per heavy atom. The molecular weight excluding hydrogens is 334 g/mol. The Hall–Kier alpha value is -1.76. The van der Waals surface area contributed by atoms with Gasteiger partial charge >= 0.3 is 12.1 Å². The van der Waals surface area contributed by atoms with Crippen LogP contribution in [0.1, 0.15) is 61.5 Å². The van der Waals surface area contributed by atoms with Gasteiger partial charge in [-0.1, -0.05) is 11.6 Å². The molecule has 0 saturated heterocycles. The van der Waals surface area contributed by atoms with Crippen LogP contribution in [0.25, 0.3) is 0 Å². The third-order valence-corrected chi connectivity index (χ3v) is 4.10. The molecule has 3 rings (SSSR count). The van der Waals surface area contributed by atoms with Crippen LogP contribution in [0.2, 0.25) is 0 Å². The molecule has 2 aliphatic rings. The van der Waals surface area contributed by atoms with Gasteiger partial charge in [0.2, 0.25) is 0 Å². The quantitative estimate of drug-likeness (QED) is 0.615. The lowest BCUT2D eigenvalue weighted by molar-refractivity contribution is 0.0194. The Kier molecular flexibility index (Phi) is 4.46. The van der Waals surface area contributed by atoms with Crippen LogP contribution in [0.3, 0.4) is 0 Å². The lowest BCUT2D eigenvalue weighted by Crippen LogP contribution is -2.42. The van der Waals surface area contributed by atoms with Crippen molar-refractivity contribution in [2.75, 3.05) is 12.6 Å². The van der Waals surface area contributed by atoms with Crippen molar-refractivity contribution in [3.8, 4) is 0 Å². The van der Waals surface area contributed by atoms with Crippen LogP contribution in [0.5, 0.6) is 0 Å². The van der Waals surface area contributed by atoms with E-state index in [0.717, 1.165) is 18.5 Å². The summed E-state index contributed by atoms with van der Waals surface area (Å²) in [4.78, 5) is 30.7. The van der Waals surface area contributed by atoms with Crippen LogP contribution in [0.4, 0.5) is 4.79 Å². The minimum Gasteiger partial charge on any atom is -0.445 e. The summed E-state index contributed by atoms with van der Waals surface area (Å²) in [7, 11) is 0. The molecule has 2 heterocycles. The second kappa shape index (κ2) is 6.27. The largest absolute Gasteiger partial charge is 0.445 e. The molecule has 0 bridgehead atoms. The molecule has 0 aromatic carbocycles. The number of amides is 1. The van der Waals surface area contributed by atoms with Crippen LogP contribution < -0.4 is 0 Å². The lowest BCUT2D eigenvalue weighted by atomic mass is 10.2. The Balaban J connectivity index is 1.83. The number of alkyl halides is 1. The molecule has 0 radical (unpaired) electrons. The van der Waals surface area contributed by atoms with Crippen LogP contribution in [0.15, 0.2) is 0 Å². The number of halogens is 1. The first-order valence-electron chi connectivity index (χ1n) is 8.10. The SMILES string of the molecule is CC(C)(C)OC(=O)N1CCn2c(nc(C3CC3)c2C(=O)OCCl)C1. The molecule has 0 spiro atoms. The number of hydrogen-bond acceptors (Lipinski definition) is 5. The van der Waals surface area contributed by atoms with Crippen molar-refractivity contribution in [1.29, 1.82) is 0 Å². The fourth-order valence-corrected chi connectivity index (χ4v) is 2.91. The second-order valence-electron chi connectivity index (χ2n) is 7.13. The molecule has 1 fully saturated rings. The molecular formula is C16H22ClN3O4. The summed E-state index contributed by atoms with van der Waals surface area (Å²) in [6.07, 6.45) is 1.68. The fraction of sp³-hybridized carbons (Fsp3) is 0.688. The molecule has 0 unspecified atom stereocenters. The van der Waals surface area contributed by atoms with Crippen molar-refractivity contribution in [3.63, 3.8) is 0 Å². The number of nitrogens with zero attached hydrogens (tertiary/aromatic N) is 3. The zero-order chi connectivity index (χ0) is 17.5. The van der Waals surface area contributed by atoms with Gasteiger partial charge < -0.3 is 14.0 Å². The molecule has 1 saturated carbocycles. The number of esters is 1. The second-order valence-corrected chi connectivity index (χ2v) is 7.35. The van der Waals surface area contributed by atoms with E-state index in [9.17, 15) is 9.59 Å². The van der Waals surface area contributed by atoms with Crippen LogP contribution >= 0.6 is 11.6 Å².